The molecule has 1 amide bonds. The molecule has 1 rings (SSSR count). The minimum atomic E-state index is -0.927. The molecule has 0 saturated heterocycles. The standard InChI is InChI=1S/C13H18N2O5/c1-4-14(3)13(17)8-20-12-6-5-10(15(18)19)7-11(12)9(2)16/h5-7,9,16H,4,8H2,1-3H3/t9-/m1/s1. The Hall–Kier alpha value is -2.15. The molecular weight excluding hydrogens is 264 g/mol. The smallest absolute Gasteiger partial charge is 0.270 e. The Bertz CT molecular complexity index is 502. The lowest BCUT2D eigenvalue weighted by Gasteiger charge is -2.17. The fraction of sp³-hybridized carbons (Fsp3) is 0.462. The summed E-state index contributed by atoms with van der Waals surface area (Å²) in [5, 5.41) is 20.3. The van der Waals surface area contributed by atoms with Gasteiger partial charge in [-0.3, -0.25) is 14.9 Å². The maximum absolute atomic E-state index is 11.6. The van der Waals surface area contributed by atoms with E-state index in [2.05, 4.69) is 0 Å². The van der Waals surface area contributed by atoms with Crippen molar-refractivity contribution in [3.63, 3.8) is 0 Å². The first-order chi connectivity index (χ1) is 9.36. The number of ether oxygens (including phenoxy) is 1. The van der Waals surface area contributed by atoms with Crippen LogP contribution in [0.15, 0.2) is 18.2 Å². The summed E-state index contributed by atoms with van der Waals surface area (Å²) >= 11 is 0. The molecule has 0 heterocycles. The van der Waals surface area contributed by atoms with Crippen LogP contribution in [0.3, 0.4) is 0 Å². The average Bonchev–Trinajstić information content (AvgIpc) is 2.43. The summed E-state index contributed by atoms with van der Waals surface area (Å²) in [5.41, 5.74) is 0.149. The molecule has 0 fully saturated rings. The van der Waals surface area contributed by atoms with Crippen molar-refractivity contribution in [3.8, 4) is 5.75 Å². The molecule has 0 radical (unpaired) electrons. The number of hydrogen-bond donors (Lipinski definition) is 1. The molecule has 0 spiro atoms. The van der Waals surface area contributed by atoms with E-state index in [1.165, 1.54) is 30.0 Å². The minimum Gasteiger partial charge on any atom is -0.483 e. The SMILES string of the molecule is CCN(C)C(=O)COc1ccc([N+](=O)[O-])cc1[C@@H](C)O. The van der Waals surface area contributed by atoms with E-state index < -0.39 is 11.0 Å². The van der Waals surface area contributed by atoms with Crippen LogP contribution in [0.1, 0.15) is 25.5 Å². The first kappa shape index (κ1) is 15.9. The van der Waals surface area contributed by atoms with Gasteiger partial charge in [0, 0.05) is 31.3 Å². The number of nitrogens with zero attached hydrogens (tertiary/aromatic N) is 2. The molecule has 0 aliphatic rings. The topological polar surface area (TPSA) is 92.9 Å². The Balaban J connectivity index is 2.89. The molecule has 0 aliphatic carbocycles. The predicted molar refractivity (Wildman–Crippen MR) is 72.5 cm³/mol. The highest BCUT2D eigenvalue weighted by molar-refractivity contribution is 5.77. The molecule has 0 aliphatic heterocycles. The predicted octanol–water partition coefficient (Wildman–Crippen LogP) is 1.51. The van der Waals surface area contributed by atoms with Crippen molar-refractivity contribution in [2.75, 3.05) is 20.2 Å². The fourth-order valence-corrected chi connectivity index (χ4v) is 1.53. The highest BCUT2D eigenvalue weighted by Gasteiger charge is 2.16. The van der Waals surface area contributed by atoms with Gasteiger partial charge in [-0.05, 0) is 19.9 Å². The van der Waals surface area contributed by atoms with Crippen molar-refractivity contribution >= 4 is 11.6 Å². The summed E-state index contributed by atoms with van der Waals surface area (Å²) in [7, 11) is 1.65. The van der Waals surface area contributed by atoms with Gasteiger partial charge in [0.1, 0.15) is 5.75 Å². The lowest BCUT2D eigenvalue weighted by atomic mass is 10.1. The van der Waals surface area contributed by atoms with Crippen molar-refractivity contribution in [2.24, 2.45) is 0 Å². The Morgan fingerprint density at radius 1 is 1.55 bits per heavy atom. The molecule has 7 heteroatoms. The van der Waals surface area contributed by atoms with E-state index in [1.807, 2.05) is 6.92 Å². The zero-order valence-electron chi connectivity index (χ0n) is 11.7. The van der Waals surface area contributed by atoms with E-state index in [0.29, 0.717) is 6.54 Å². The van der Waals surface area contributed by atoms with E-state index in [4.69, 9.17) is 4.74 Å². The first-order valence-electron chi connectivity index (χ1n) is 6.20. The van der Waals surface area contributed by atoms with Crippen molar-refractivity contribution in [1.29, 1.82) is 0 Å². The van der Waals surface area contributed by atoms with Crippen LogP contribution in [-0.4, -0.2) is 41.0 Å². The van der Waals surface area contributed by atoms with Crippen LogP contribution in [0.25, 0.3) is 0 Å². The molecule has 1 aromatic rings. The summed E-state index contributed by atoms with van der Waals surface area (Å²) < 4.78 is 5.34. The maximum Gasteiger partial charge on any atom is 0.270 e. The van der Waals surface area contributed by atoms with E-state index in [9.17, 15) is 20.0 Å². The number of aliphatic hydroxyl groups excluding tert-OH is 1. The number of likely N-dealkylation sites (N-methyl/N-ethyl adjacent to an activating group) is 1. The van der Waals surface area contributed by atoms with Gasteiger partial charge in [0.05, 0.1) is 11.0 Å². The molecule has 0 saturated carbocycles. The Morgan fingerprint density at radius 3 is 2.70 bits per heavy atom. The third-order valence-corrected chi connectivity index (χ3v) is 2.91. The second-order valence-electron chi connectivity index (χ2n) is 4.35. The molecular formula is C13H18N2O5. The number of aliphatic hydroxyl groups is 1. The highest BCUT2D eigenvalue weighted by Crippen LogP contribution is 2.29. The summed E-state index contributed by atoms with van der Waals surface area (Å²) in [6.07, 6.45) is -0.927. The number of rotatable bonds is 6. The van der Waals surface area contributed by atoms with Gasteiger partial charge in [0.2, 0.25) is 0 Å². The van der Waals surface area contributed by atoms with Crippen LogP contribution in [0.4, 0.5) is 5.69 Å². The lowest BCUT2D eigenvalue weighted by Crippen LogP contribution is -2.31. The molecule has 110 valence electrons. The molecule has 1 atom stereocenters. The normalized spacial score (nSPS) is 11.8. The molecule has 1 N–H and O–H groups in total. The molecule has 0 unspecified atom stereocenters. The van der Waals surface area contributed by atoms with E-state index in [-0.39, 0.29) is 29.5 Å². The van der Waals surface area contributed by atoms with Gasteiger partial charge in [-0.1, -0.05) is 0 Å². The quantitative estimate of drug-likeness (QED) is 0.630. The Morgan fingerprint density at radius 2 is 2.20 bits per heavy atom. The molecule has 0 aromatic heterocycles. The molecule has 1 aromatic carbocycles. The summed E-state index contributed by atoms with van der Waals surface area (Å²) in [6, 6.07) is 3.91. The Labute approximate surface area is 116 Å². The number of carbonyl (C=O) groups is 1. The van der Waals surface area contributed by atoms with Crippen LogP contribution >= 0.6 is 0 Å². The van der Waals surface area contributed by atoms with Gasteiger partial charge in [-0.2, -0.15) is 0 Å². The van der Waals surface area contributed by atoms with Crippen LogP contribution < -0.4 is 4.74 Å². The van der Waals surface area contributed by atoms with Gasteiger partial charge in [0.15, 0.2) is 6.61 Å². The zero-order chi connectivity index (χ0) is 15.3. The van der Waals surface area contributed by atoms with Gasteiger partial charge >= 0.3 is 0 Å². The van der Waals surface area contributed by atoms with E-state index in [1.54, 1.807) is 7.05 Å². The third kappa shape index (κ3) is 3.92. The minimum absolute atomic E-state index is 0.134. The Kier molecular flexibility index (Phi) is 5.45. The van der Waals surface area contributed by atoms with Gasteiger partial charge < -0.3 is 14.7 Å². The number of hydrogen-bond acceptors (Lipinski definition) is 5. The molecule has 7 nitrogen and oxygen atoms in total. The maximum atomic E-state index is 11.6. The first-order valence-corrected chi connectivity index (χ1v) is 6.20. The molecule has 0 bridgehead atoms. The number of benzene rings is 1. The summed E-state index contributed by atoms with van der Waals surface area (Å²) in [4.78, 5) is 23.3. The van der Waals surface area contributed by atoms with Crippen LogP contribution in [-0.2, 0) is 4.79 Å². The van der Waals surface area contributed by atoms with Crippen LogP contribution in [0.2, 0.25) is 0 Å². The number of carbonyl (C=O) groups excluding carboxylic acids is 1. The van der Waals surface area contributed by atoms with Gasteiger partial charge in [-0.25, -0.2) is 0 Å². The summed E-state index contributed by atoms with van der Waals surface area (Å²) in [6.45, 7) is 3.70. The second kappa shape index (κ2) is 6.85. The number of non-ortho nitro benzene ring substituents is 1. The largest absolute Gasteiger partial charge is 0.483 e. The van der Waals surface area contributed by atoms with Crippen molar-refractivity contribution in [2.45, 2.75) is 20.0 Å². The monoisotopic (exact) mass is 282 g/mol. The lowest BCUT2D eigenvalue weighted by molar-refractivity contribution is -0.385. The number of nitro benzene ring substituents is 1. The molecule has 20 heavy (non-hydrogen) atoms. The van der Waals surface area contributed by atoms with Crippen LogP contribution in [0.5, 0.6) is 5.75 Å². The van der Waals surface area contributed by atoms with Crippen molar-refractivity contribution < 1.29 is 19.6 Å². The highest BCUT2D eigenvalue weighted by atomic mass is 16.6. The average molecular weight is 282 g/mol. The zero-order valence-corrected chi connectivity index (χ0v) is 11.7. The van der Waals surface area contributed by atoms with Crippen LogP contribution in [0, 0.1) is 10.1 Å². The second-order valence-corrected chi connectivity index (χ2v) is 4.35. The number of nitro groups is 1. The summed E-state index contributed by atoms with van der Waals surface area (Å²) in [5.74, 6) is 0.0610. The number of amides is 1. The van der Waals surface area contributed by atoms with Crippen molar-refractivity contribution in [1.82, 2.24) is 4.90 Å². The van der Waals surface area contributed by atoms with Crippen molar-refractivity contribution in [3.05, 3.63) is 33.9 Å². The van der Waals surface area contributed by atoms with E-state index >= 15 is 0 Å². The van der Waals surface area contributed by atoms with E-state index in [0.717, 1.165) is 0 Å². The van der Waals surface area contributed by atoms with Gasteiger partial charge in [0.25, 0.3) is 11.6 Å². The fourth-order valence-electron chi connectivity index (χ4n) is 1.53. The third-order valence-electron chi connectivity index (χ3n) is 2.91. The van der Waals surface area contributed by atoms with Gasteiger partial charge in [-0.15, -0.1) is 0 Å².